The molecule has 1 saturated heterocycles. The molecule has 1 N–H and O–H groups in total. The van der Waals surface area contributed by atoms with Crippen molar-refractivity contribution in [3.63, 3.8) is 0 Å². The number of morpholine rings is 1. The molecule has 0 radical (unpaired) electrons. The predicted molar refractivity (Wildman–Crippen MR) is 120 cm³/mol. The number of nitrogens with one attached hydrogen (secondary N) is 1. The van der Waals surface area contributed by atoms with Crippen LogP contribution in [-0.4, -0.2) is 44.2 Å². The van der Waals surface area contributed by atoms with Crippen LogP contribution in [0.4, 0.5) is 5.69 Å². The number of para-hydroxylation sites is 2. The van der Waals surface area contributed by atoms with Crippen molar-refractivity contribution >= 4 is 22.6 Å². The number of furan rings is 2. The maximum atomic E-state index is 12.9. The van der Waals surface area contributed by atoms with Crippen molar-refractivity contribution in [1.29, 1.82) is 0 Å². The van der Waals surface area contributed by atoms with Crippen molar-refractivity contribution in [1.82, 2.24) is 4.90 Å². The number of carbonyl (C=O) groups is 1. The van der Waals surface area contributed by atoms with E-state index < -0.39 is 0 Å². The number of methoxy groups -OCH3 is 1. The first-order valence-corrected chi connectivity index (χ1v) is 10.6. The zero-order valence-corrected chi connectivity index (χ0v) is 17.7. The maximum absolute atomic E-state index is 12.9. The monoisotopic (exact) mass is 432 g/mol. The first-order valence-electron chi connectivity index (χ1n) is 10.6. The fraction of sp³-hybridized carbons (Fsp3) is 0.240. The van der Waals surface area contributed by atoms with Gasteiger partial charge in [-0.15, -0.1) is 0 Å². The third-order valence-corrected chi connectivity index (χ3v) is 5.70. The molecule has 2 aromatic heterocycles. The molecule has 7 nitrogen and oxygen atoms in total. The molecule has 4 aromatic rings. The lowest BCUT2D eigenvalue weighted by Gasteiger charge is -2.34. The van der Waals surface area contributed by atoms with Gasteiger partial charge in [0.05, 0.1) is 38.3 Å². The van der Waals surface area contributed by atoms with Crippen LogP contribution in [0.2, 0.25) is 0 Å². The number of amides is 1. The Bertz CT molecular complexity index is 1210. The Morgan fingerprint density at radius 1 is 1.03 bits per heavy atom. The molecule has 1 fully saturated rings. The van der Waals surface area contributed by atoms with E-state index in [-0.39, 0.29) is 17.7 Å². The van der Waals surface area contributed by atoms with E-state index in [1.165, 1.54) is 6.26 Å². The summed E-state index contributed by atoms with van der Waals surface area (Å²) in [6, 6.07) is 18.6. The highest BCUT2D eigenvalue weighted by Crippen LogP contribution is 2.43. The molecule has 0 bridgehead atoms. The van der Waals surface area contributed by atoms with Gasteiger partial charge in [0.15, 0.2) is 11.5 Å². The number of hydrogen-bond acceptors (Lipinski definition) is 6. The lowest BCUT2D eigenvalue weighted by molar-refractivity contribution is 0.0202. The van der Waals surface area contributed by atoms with Gasteiger partial charge in [-0.2, -0.15) is 0 Å². The molecule has 1 aliphatic rings. The van der Waals surface area contributed by atoms with Crippen LogP contribution in [0.3, 0.4) is 0 Å². The Hall–Kier alpha value is -3.55. The Kier molecular flexibility index (Phi) is 5.66. The third kappa shape index (κ3) is 3.77. The van der Waals surface area contributed by atoms with E-state index in [2.05, 4.69) is 10.2 Å². The van der Waals surface area contributed by atoms with Crippen LogP contribution in [0, 0.1) is 0 Å². The van der Waals surface area contributed by atoms with Gasteiger partial charge < -0.3 is 23.6 Å². The summed E-state index contributed by atoms with van der Waals surface area (Å²) < 4.78 is 23.0. The molecule has 0 saturated carbocycles. The summed E-state index contributed by atoms with van der Waals surface area (Å²) in [6.07, 6.45) is 1.48. The van der Waals surface area contributed by atoms with Crippen LogP contribution in [-0.2, 0) is 4.74 Å². The van der Waals surface area contributed by atoms with Crippen LogP contribution in [0.1, 0.15) is 27.9 Å². The van der Waals surface area contributed by atoms with Crippen molar-refractivity contribution < 1.29 is 23.1 Å². The van der Waals surface area contributed by atoms with Crippen molar-refractivity contribution in [3.8, 4) is 5.75 Å². The Morgan fingerprint density at radius 3 is 2.59 bits per heavy atom. The van der Waals surface area contributed by atoms with Crippen molar-refractivity contribution in [2.45, 2.75) is 6.04 Å². The summed E-state index contributed by atoms with van der Waals surface area (Å²) in [5.74, 6) is 1.32. The number of anilines is 1. The van der Waals surface area contributed by atoms with Gasteiger partial charge in [-0.25, -0.2) is 0 Å². The molecule has 0 aliphatic carbocycles. The number of carbonyl (C=O) groups excluding carboxylic acids is 1. The standard InChI is InChI=1S/C25H24N2O5/c1-29-19-9-4-3-8-18(19)23(27-12-15-30-16-13-27)24-22(17-7-2-5-10-20(17)32-24)26-25(28)21-11-6-14-31-21/h2-11,14,23H,12-13,15-16H2,1H3,(H,26,28)/t23-/m0/s1. The van der Waals surface area contributed by atoms with Gasteiger partial charge in [0, 0.05) is 24.0 Å². The van der Waals surface area contributed by atoms with Gasteiger partial charge in [-0.05, 0) is 30.3 Å². The molecule has 5 rings (SSSR count). The topological polar surface area (TPSA) is 77.1 Å². The van der Waals surface area contributed by atoms with Gasteiger partial charge in [-0.1, -0.05) is 30.3 Å². The second-order valence-corrected chi connectivity index (χ2v) is 7.56. The molecule has 1 amide bonds. The number of ether oxygens (including phenoxy) is 2. The van der Waals surface area contributed by atoms with Gasteiger partial charge in [0.2, 0.25) is 0 Å². The van der Waals surface area contributed by atoms with Crippen molar-refractivity contribution in [2.75, 3.05) is 38.7 Å². The van der Waals surface area contributed by atoms with Crippen LogP contribution < -0.4 is 10.1 Å². The van der Waals surface area contributed by atoms with Gasteiger partial charge in [0.25, 0.3) is 5.91 Å². The summed E-state index contributed by atoms with van der Waals surface area (Å²) in [5.41, 5.74) is 2.29. The second-order valence-electron chi connectivity index (χ2n) is 7.56. The van der Waals surface area contributed by atoms with Crippen LogP contribution in [0.15, 0.2) is 75.8 Å². The summed E-state index contributed by atoms with van der Waals surface area (Å²) in [7, 11) is 1.66. The average molecular weight is 432 g/mol. The molecule has 32 heavy (non-hydrogen) atoms. The van der Waals surface area contributed by atoms with Gasteiger partial charge >= 0.3 is 0 Å². The van der Waals surface area contributed by atoms with E-state index in [1.54, 1.807) is 19.2 Å². The van der Waals surface area contributed by atoms with E-state index >= 15 is 0 Å². The van der Waals surface area contributed by atoms with E-state index in [1.807, 2.05) is 48.5 Å². The normalized spacial score (nSPS) is 15.5. The molecule has 7 heteroatoms. The van der Waals surface area contributed by atoms with Gasteiger partial charge in [-0.3, -0.25) is 9.69 Å². The lowest BCUT2D eigenvalue weighted by atomic mass is 9.99. The molecule has 2 aromatic carbocycles. The fourth-order valence-corrected chi connectivity index (χ4v) is 4.20. The summed E-state index contributed by atoms with van der Waals surface area (Å²) in [5, 5.41) is 3.87. The average Bonchev–Trinajstić information content (AvgIpc) is 3.50. The van der Waals surface area contributed by atoms with E-state index in [9.17, 15) is 4.79 Å². The largest absolute Gasteiger partial charge is 0.496 e. The number of benzene rings is 2. The molecule has 1 aliphatic heterocycles. The number of fused-ring (bicyclic) bond motifs is 1. The minimum Gasteiger partial charge on any atom is -0.496 e. The minimum absolute atomic E-state index is 0.237. The smallest absolute Gasteiger partial charge is 0.291 e. The third-order valence-electron chi connectivity index (χ3n) is 5.70. The number of hydrogen-bond donors (Lipinski definition) is 1. The summed E-state index contributed by atoms with van der Waals surface area (Å²) in [6.45, 7) is 2.70. The molecule has 0 spiro atoms. The highest BCUT2D eigenvalue weighted by Gasteiger charge is 2.33. The summed E-state index contributed by atoms with van der Waals surface area (Å²) >= 11 is 0. The quantitative estimate of drug-likeness (QED) is 0.476. The molecule has 0 unspecified atom stereocenters. The van der Waals surface area contributed by atoms with E-state index in [0.717, 1.165) is 29.8 Å². The van der Waals surface area contributed by atoms with Gasteiger partial charge in [0.1, 0.15) is 11.3 Å². The zero-order chi connectivity index (χ0) is 21.9. The first kappa shape index (κ1) is 20.4. The number of nitrogens with zero attached hydrogens (tertiary/aromatic N) is 1. The highest BCUT2D eigenvalue weighted by atomic mass is 16.5. The SMILES string of the molecule is COc1ccccc1[C@@H](c1oc2ccccc2c1NC(=O)c1ccco1)N1CCOCC1. The highest BCUT2D eigenvalue weighted by molar-refractivity contribution is 6.08. The number of rotatable bonds is 6. The minimum atomic E-state index is -0.330. The molecule has 3 heterocycles. The van der Waals surface area contributed by atoms with E-state index in [4.69, 9.17) is 18.3 Å². The lowest BCUT2D eigenvalue weighted by Crippen LogP contribution is -2.39. The Labute approximate surface area is 185 Å². The fourth-order valence-electron chi connectivity index (χ4n) is 4.20. The van der Waals surface area contributed by atoms with Crippen LogP contribution >= 0.6 is 0 Å². The first-order chi connectivity index (χ1) is 15.8. The maximum Gasteiger partial charge on any atom is 0.291 e. The Balaban J connectivity index is 1.67. The van der Waals surface area contributed by atoms with E-state index in [0.29, 0.717) is 30.2 Å². The molecule has 1 atom stereocenters. The molecular formula is C25H24N2O5. The molecular weight excluding hydrogens is 408 g/mol. The Morgan fingerprint density at radius 2 is 1.81 bits per heavy atom. The van der Waals surface area contributed by atoms with Crippen LogP contribution in [0.5, 0.6) is 5.75 Å². The predicted octanol–water partition coefficient (Wildman–Crippen LogP) is 4.71. The van der Waals surface area contributed by atoms with Crippen molar-refractivity contribution in [2.24, 2.45) is 0 Å². The molecule has 164 valence electrons. The second kappa shape index (κ2) is 8.90. The zero-order valence-electron chi connectivity index (χ0n) is 17.7. The van der Waals surface area contributed by atoms with Crippen molar-refractivity contribution in [3.05, 3.63) is 84.0 Å². The van der Waals surface area contributed by atoms with Crippen LogP contribution in [0.25, 0.3) is 11.0 Å². The summed E-state index contributed by atoms with van der Waals surface area (Å²) in [4.78, 5) is 15.2.